The van der Waals surface area contributed by atoms with Gasteiger partial charge < -0.3 is 10.1 Å². The highest BCUT2D eigenvalue weighted by atomic mass is 16.5. The Morgan fingerprint density at radius 3 is 2.59 bits per heavy atom. The van der Waals surface area contributed by atoms with Crippen molar-refractivity contribution in [2.45, 2.75) is 40.0 Å². The molecule has 1 heterocycles. The molecule has 0 amide bonds. The molecule has 0 aromatic heterocycles. The van der Waals surface area contributed by atoms with Crippen LogP contribution in [0.5, 0.6) is 0 Å². The van der Waals surface area contributed by atoms with Crippen LogP contribution in [0.2, 0.25) is 0 Å². The van der Waals surface area contributed by atoms with Gasteiger partial charge in [-0.2, -0.15) is 0 Å². The van der Waals surface area contributed by atoms with Gasteiger partial charge in [0.05, 0.1) is 6.61 Å². The Morgan fingerprint density at radius 2 is 2.00 bits per heavy atom. The third kappa shape index (κ3) is 9.13. The maximum atomic E-state index is 5.58. The largest absolute Gasteiger partial charge is 0.377 e. The van der Waals surface area contributed by atoms with Crippen LogP contribution in [-0.4, -0.2) is 26.3 Å². The molecule has 0 saturated carbocycles. The van der Waals surface area contributed by atoms with Crippen molar-refractivity contribution in [1.29, 1.82) is 0 Å². The highest BCUT2D eigenvalue weighted by Crippen LogP contribution is 2.15. The third-order valence-corrected chi connectivity index (χ3v) is 2.82. The first-order valence-corrected chi connectivity index (χ1v) is 6.92. The number of ether oxygens (including phenoxy) is 1. The molecule has 2 heteroatoms. The van der Waals surface area contributed by atoms with Crippen LogP contribution in [0.25, 0.3) is 0 Å². The lowest BCUT2D eigenvalue weighted by Crippen LogP contribution is -2.28. The van der Waals surface area contributed by atoms with Crippen molar-refractivity contribution in [1.82, 2.24) is 5.32 Å². The Bertz CT molecular complexity index is 205. The fourth-order valence-electron chi connectivity index (χ4n) is 1.91. The Hall–Kier alpha value is -0.600. The summed E-state index contributed by atoms with van der Waals surface area (Å²) in [5.74, 6) is 0.862. The van der Waals surface area contributed by atoms with E-state index in [0.717, 1.165) is 18.1 Å². The van der Waals surface area contributed by atoms with Crippen LogP contribution in [-0.2, 0) is 4.74 Å². The van der Waals surface area contributed by atoms with Crippen LogP contribution >= 0.6 is 0 Å². The monoisotopic (exact) mass is 239 g/mol. The molecule has 1 fully saturated rings. The zero-order chi connectivity index (χ0) is 12.9. The maximum Gasteiger partial charge on any atom is 0.0711 e. The van der Waals surface area contributed by atoms with Crippen molar-refractivity contribution < 1.29 is 4.74 Å². The van der Waals surface area contributed by atoms with Gasteiger partial charge in [0.1, 0.15) is 0 Å². The molecule has 1 aliphatic heterocycles. The summed E-state index contributed by atoms with van der Waals surface area (Å²) in [4.78, 5) is 0. The van der Waals surface area contributed by atoms with E-state index in [2.05, 4.69) is 11.9 Å². The summed E-state index contributed by atoms with van der Waals surface area (Å²) >= 11 is 0. The minimum absolute atomic E-state index is 0.676. The van der Waals surface area contributed by atoms with Crippen molar-refractivity contribution >= 4 is 0 Å². The molecule has 17 heavy (non-hydrogen) atoms. The fraction of sp³-hybridized carbons (Fsp3) is 0.733. The molecule has 1 aliphatic rings. The number of allylic oxidation sites excluding steroid dienone is 1. The van der Waals surface area contributed by atoms with Gasteiger partial charge in [-0.1, -0.05) is 32.6 Å². The Labute approximate surface area is 107 Å². The summed E-state index contributed by atoms with van der Waals surface area (Å²) in [5.41, 5.74) is 1.06. The molecular weight excluding hydrogens is 210 g/mol. The van der Waals surface area contributed by atoms with Gasteiger partial charge in [0, 0.05) is 6.61 Å². The van der Waals surface area contributed by atoms with E-state index in [0.29, 0.717) is 6.61 Å². The first-order valence-electron chi connectivity index (χ1n) is 6.92. The summed E-state index contributed by atoms with van der Waals surface area (Å²) in [6, 6.07) is 0. The molecular formula is C15H29NO. The summed E-state index contributed by atoms with van der Waals surface area (Å²) in [6.45, 7) is 13.8. The first-order chi connectivity index (χ1) is 8.33. The lowest BCUT2D eigenvalue weighted by atomic mass is 9.95. The second-order valence-corrected chi connectivity index (χ2v) is 4.19. The predicted octanol–water partition coefficient (Wildman–Crippen LogP) is 3.55. The number of piperidine rings is 1. The Kier molecular flexibility index (Phi) is 11.5. The van der Waals surface area contributed by atoms with Crippen LogP contribution < -0.4 is 5.32 Å². The summed E-state index contributed by atoms with van der Waals surface area (Å²) in [5, 5.41) is 3.38. The molecule has 0 aromatic carbocycles. The normalized spacial score (nSPS) is 16.6. The van der Waals surface area contributed by atoms with Crippen LogP contribution in [0, 0.1) is 5.92 Å². The van der Waals surface area contributed by atoms with Crippen LogP contribution in [0.3, 0.4) is 0 Å². The van der Waals surface area contributed by atoms with Gasteiger partial charge in [-0.25, -0.2) is 0 Å². The standard InChI is InChI=1S/C13H23NO.C2H6/c1-3-4-12(2)11-15-10-7-13-5-8-14-9-6-13;1-2/h3-4,13-14H,2,5-11H2,1H3;1-2H3/b4-3-;. The highest BCUT2D eigenvalue weighted by molar-refractivity contribution is 5.13. The molecule has 0 spiro atoms. The van der Waals surface area contributed by atoms with Gasteiger partial charge in [-0.15, -0.1) is 0 Å². The molecule has 0 bridgehead atoms. The zero-order valence-electron chi connectivity index (χ0n) is 11.8. The van der Waals surface area contributed by atoms with E-state index in [-0.39, 0.29) is 0 Å². The van der Waals surface area contributed by atoms with E-state index in [9.17, 15) is 0 Å². The van der Waals surface area contributed by atoms with Crippen molar-refractivity contribution in [2.75, 3.05) is 26.3 Å². The second kappa shape index (κ2) is 11.9. The second-order valence-electron chi connectivity index (χ2n) is 4.19. The molecule has 0 radical (unpaired) electrons. The lowest BCUT2D eigenvalue weighted by Gasteiger charge is -2.22. The van der Waals surface area contributed by atoms with E-state index in [1.54, 1.807) is 0 Å². The molecule has 100 valence electrons. The topological polar surface area (TPSA) is 21.3 Å². The van der Waals surface area contributed by atoms with Crippen molar-refractivity contribution in [3.05, 3.63) is 24.3 Å². The molecule has 0 unspecified atom stereocenters. The van der Waals surface area contributed by atoms with E-state index >= 15 is 0 Å². The lowest BCUT2D eigenvalue weighted by molar-refractivity contribution is 0.135. The van der Waals surface area contributed by atoms with Gasteiger partial charge in [0.25, 0.3) is 0 Å². The Balaban J connectivity index is 0.00000121. The molecule has 2 nitrogen and oxygen atoms in total. The number of hydrogen-bond donors (Lipinski definition) is 1. The SMILES string of the molecule is C=C(/C=C\C)COCCC1CCNCC1.CC. The van der Waals surface area contributed by atoms with Gasteiger partial charge in [-0.05, 0) is 50.8 Å². The fourth-order valence-corrected chi connectivity index (χ4v) is 1.91. The van der Waals surface area contributed by atoms with Crippen molar-refractivity contribution in [2.24, 2.45) is 5.92 Å². The third-order valence-electron chi connectivity index (χ3n) is 2.82. The first kappa shape index (κ1) is 16.4. The zero-order valence-corrected chi connectivity index (χ0v) is 11.8. The number of rotatable bonds is 6. The molecule has 1 N–H and O–H groups in total. The van der Waals surface area contributed by atoms with Gasteiger partial charge in [-0.3, -0.25) is 0 Å². The van der Waals surface area contributed by atoms with Crippen molar-refractivity contribution in [3.8, 4) is 0 Å². The molecule has 0 aromatic rings. The molecule has 0 aliphatic carbocycles. The quantitative estimate of drug-likeness (QED) is 0.565. The molecule has 1 rings (SSSR count). The minimum atomic E-state index is 0.676. The number of hydrogen-bond acceptors (Lipinski definition) is 2. The van der Waals surface area contributed by atoms with E-state index in [1.807, 2.05) is 32.9 Å². The van der Waals surface area contributed by atoms with Crippen LogP contribution in [0.4, 0.5) is 0 Å². The summed E-state index contributed by atoms with van der Waals surface area (Å²) < 4.78 is 5.58. The van der Waals surface area contributed by atoms with Crippen molar-refractivity contribution in [3.63, 3.8) is 0 Å². The minimum Gasteiger partial charge on any atom is -0.377 e. The molecule has 0 atom stereocenters. The summed E-state index contributed by atoms with van der Waals surface area (Å²) in [7, 11) is 0. The average molecular weight is 239 g/mol. The highest BCUT2D eigenvalue weighted by Gasteiger charge is 2.11. The van der Waals surface area contributed by atoms with Crippen LogP contribution in [0.1, 0.15) is 40.0 Å². The van der Waals surface area contributed by atoms with E-state index in [4.69, 9.17) is 4.74 Å². The number of nitrogens with one attached hydrogen (secondary N) is 1. The van der Waals surface area contributed by atoms with Gasteiger partial charge in [0.15, 0.2) is 0 Å². The summed E-state index contributed by atoms with van der Waals surface area (Å²) in [6.07, 6.45) is 7.81. The average Bonchev–Trinajstić information content (AvgIpc) is 2.39. The maximum absolute atomic E-state index is 5.58. The van der Waals surface area contributed by atoms with E-state index in [1.165, 1.54) is 32.4 Å². The van der Waals surface area contributed by atoms with E-state index < -0.39 is 0 Å². The Morgan fingerprint density at radius 1 is 1.35 bits per heavy atom. The van der Waals surface area contributed by atoms with Gasteiger partial charge >= 0.3 is 0 Å². The predicted molar refractivity (Wildman–Crippen MR) is 76.3 cm³/mol. The smallest absolute Gasteiger partial charge is 0.0711 e. The molecule has 1 saturated heterocycles. The van der Waals surface area contributed by atoms with Crippen LogP contribution in [0.15, 0.2) is 24.3 Å². The van der Waals surface area contributed by atoms with Gasteiger partial charge in [0.2, 0.25) is 0 Å².